The summed E-state index contributed by atoms with van der Waals surface area (Å²) in [7, 11) is 0. The van der Waals surface area contributed by atoms with E-state index < -0.39 is 0 Å². The van der Waals surface area contributed by atoms with Crippen LogP contribution in [0.1, 0.15) is 18.4 Å². The second kappa shape index (κ2) is 9.56. The summed E-state index contributed by atoms with van der Waals surface area (Å²) in [4.78, 5) is 23.6. The zero-order valence-corrected chi connectivity index (χ0v) is 16.0. The number of amides is 2. The van der Waals surface area contributed by atoms with Crippen LogP contribution >= 0.6 is 39.1 Å². The number of anilines is 1. The van der Waals surface area contributed by atoms with E-state index in [1.165, 1.54) is 12.3 Å². The SMILES string of the molecule is O=C(CCC(=O)Nc1ccc(Cl)cc1Cl)N/N=C/c1ccc(Br)cc1. The van der Waals surface area contributed by atoms with Crippen molar-refractivity contribution in [2.45, 2.75) is 12.8 Å². The van der Waals surface area contributed by atoms with E-state index in [2.05, 4.69) is 31.8 Å². The molecule has 0 atom stereocenters. The average molecular weight is 443 g/mol. The summed E-state index contributed by atoms with van der Waals surface area (Å²) in [5.74, 6) is -0.679. The van der Waals surface area contributed by atoms with Crippen molar-refractivity contribution in [1.29, 1.82) is 0 Å². The third-order valence-corrected chi connectivity index (χ3v) is 4.13. The van der Waals surface area contributed by atoms with Crippen LogP contribution in [0.2, 0.25) is 10.0 Å². The largest absolute Gasteiger partial charge is 0.325 e. The van der Waals surface area contributed by atoms with Gasteiger partial charge in [-0.05, 0) is 35.9 Å². The number of hydrazone groups is 1. The minimum Gasteiger partial charge on any atom is -0.325 e. The second-order valence-electron chi connectivity index (χ2n) is 5.02. The quantitative estimate of drug-likeness (QED) is 0.505. The van der Waals surface area contributed by atoms with Gasteiger partial charge in [-0.2, -0.15) is 5.10 Å². The summed E-state index contributed by atoms with van der Waals surface area (Å²) in [6.45, 7) is 0. The first-order valence-electron chi connectivity index (χ1n) is 7.26. The van der Waals surface area contributed by atoms with E-state index in [4.69, 9.17) is 23.2 Å². The summed E-state index contributed by atoms with van der Waals surface area (Å²) >= 11 is 15.1. The number of carbonyl (C=O) groups excluding carboxylic acids is 2. The molecule has 2 rings (SSSR count). The molecule has 0 aromatic heterocycles. The lowest BCUT2D eigenvalue weighted by Gasteiger charge is -2.07. The molecule has 0 saturated carbocycles. The lowest BCUT2D eigenvalue weighted by molar-refractivity contribution is -0.124. The third-order valence-electron chi connectivity index (χ3n) is 3.06. The lowest BCUT2D eigenvalue weighted by atomic mass is 10.2. The first-order valence-corrected chi connectivity index (χ1v) is 8.81. The van der Waals surface area contributed by atoms with Gasteiger partial charge in [0.2, 0.25) is 11.8 Å². The molecule has 5 nitrogen and oxygen atoms in total. The topological polar surface area (TPSA) is 70.6 Å². The summed E-state index contributed by atoms with van der Waals surface area (Å²) in [5.41, 5.74) is 3.67. The van der Waals surface area contributed by atoms with E-state index in [-0.39, 0.29) is 24.7 Å². The fraction of sp³-hybridized carbons (Fsp3) is 0.118. The van der Waals surface area contributed by atoms with E-state index in [0.717, 1.165) is 10.0 Å². The number of hydrogen-bond donors (Lipinski definition) is 2. The fourth-order valence-electron chi connectivity index (χ4n) is 1.81. The first-order chi connectivity index (χ1) is 11.9. The molecule has 8 heteroatoms. The molecule has 25 heavy (non-hydrogen) atoms. The average Bonchev–Trinajstić information content (AvgIpc) is 2.57. The van der Waals surface area contributed by atoms with E-state index >= 15 is 0 Å². The van der Waals surface area contributed by atoms with Crippen molar-refractivity contribution in [1.82, 2.24) is 5.43 Å². The molecule has 2 N–H and O–H groups in total. The number of rotatable bonds is 6. The predicted octanol–water partition coefficient (Wildman–Crippen LogP) is 4.62. The number of nitrogens with one attached hydrogen (secondary N) is 2. The van der Waals surface area contributed by atoms with Crippen LogP contribution in [0, 0.1) is 0 Å². The van der Waals surface area contributed by atoms with Gasteiger partial charge in [0.25, 0.3) is 0 Å². The summed E-state index contributed by atoms with van der Waals surface area (Å²) in [6, 6.07) is 12.2. The minimum atomic E-state index is -0.356. The molecule has 2 aromatic rings. The Kier molecular flexibility index (Phi) is 7.43. The Hall–Kier alpha value is -1.89. The Balaban J connectivity index is 1.75. The number of nitrogens with zero attached hydrogens (tertiary/aromatic N) is 1. The molecule has 2 amide bonds. The molecule has 0 unspecified atom stereocenters. The van der Waals surface area contributed by atoms with Crippen LogP contribution < -0.4 is 10.7 Å². The molecule has 0 spiro atoms. The number of halogens is 3. The molecule has 0 bridgehead atoms. The van der Waals surface area contributed by atoms with Crippen molar-refractivity contribution < 1.29 is 9.59 Å². The first kappa shape index (κ1) is 19.4. The lowest BCUT2D eigenvalue weighted by Crippen LogP contribution is -2.20. The standard InChI is InChI=1S/C17H14BrCl2N3O2/c18-12-3-1-11(2-4-12)10-21-23-17(25)8-7-16(24)22-15-6-5-13(19)9-14(15)20/h1-6,9-10H,7-8H2,(H,22,24)(H,23,25)/b21-10+. The number of benzene rings is 2. The molecule has 0 saturated heterocycles. The maximum atomic E-state index is 11.9. The number of hydrogen-bond acceptors (Lipinski definition) is 3. The minimum absolute atomic E-state index is 0.00865. The van der Waals surface area contributed by atoms with Gasteiger partial charge < -0.3 is 5.32 Å². The van der Waals surface area contributed by atoms with Crippen molar-refractivity contribution in [3.05, 3.63) is 62.5 Å². The predicted molar refractivity (Wildman–Crippen MR) is 104 cm³/mol. The zero-order chi connectivity index (χ0) is 18.2. The molecule has 0 aliphatic rings. The van der Waals surface area contributed by atoms with E-state index in [1.54, 1.807) is 12.1 Å². The van der Waals surface area contributed by atoms with Gasteiger partial charge in [-0.1, -0.05) is 51.3 Å². The zero-order valence-electron chi connectivity index (χ0n) is 12.9. The van der Waals surface area contributed by atoms with Crippen LogP contribution in [0.3, 0.4) is 0 Å². The van der Waals surface area contributed by atoms with Crippen LogP contribution in [0.15, 0.2) is 52.0 Å². The highest BCUT2D eigenvalue weighted by molar-refractivity contribution is 9.10. The molecule has 0 heterocycles. The Morgan fingerprint density at radius 3 is 2.40 bits per heavy atom. The Labute approximate surface area is 163 Å². The van der Waals surface area contributed by atoms with Crippen LogP contribution in [-0.4, -0.2) is 18.0 Å². The summed E-state index contributed by atoms with van der Waals surface area (Å²) < 4.78 is 0.959. The Bertz CT molecular complexity index is 795. The monoisotopic (exact) mass is 441 g/mol. The molecule has 0 radical (unpaired) electrons. The van der Waals surface area contributed by atoms with Crippen LogP contribution in [0.5, 0.6) is 0 Å². The van der Waals surface area contributed by atoms with Gasteiger partial charge in [0, 0.05) is 22.3 Å². The summed E-state index contributed by atoms with van der Waals surface area (Å²) in [5, 5.41) is 7.29. The molecule has 2 aromatic carbocycles. The van der Waals surface area contributed by atoms with Crippen LogP contribution in [-0.2, 0) is 9.59 Å². The van der Waals surface area contributed by atoms with Gasteiger partial charge >= 0.3 is 0 Å². The van der Waals surface area contributed by atoms with Crippen LogP contribution in [0.25, 0.3) is 0 Å². The van der Waals surface area contributed by atoms with Gasteiger partial charge in [-0.15, -0.1) is 0 Å². The molecule has 130 valence electrons. The third kappa shape index (κ3) is 6.86. The van der Waals surface area contributed by atoms with E-state index in [9.17, 15) is 9.59 Å². The highest BCUT2D eigenvalue weighted by atomic mass is 79.9. The van der Waals surface area contributed by atoms with Gasteiger partial charge in [-0.25, -0.2) is 5.43 Å². The van der Waals surface area contributed by atoms with Crippen molar-refractivity contribution in [3.8, 4) is 0 Å². The Morgan fingerprint density at radius 1 is 1.04 bits per heavy atom. The van der Waals surface area contributed by atoms with E-state index in [0.29, 0.717) is 15.7 Å². The molecular formula is C17H14BrCl2N3O2. The maximum Gasteiger partial charge on any atom is 0.240 e. The molecule has 0 aliphatic carbocycles. The molecule has 0 fully saturated rings. The summed E-state index contributed by atoms with van der Waals surface area (Å²) in [6.07, 6.45) is 1.55. The van der Waals surface area contributed by atoms with Gasteiger partial charge in [0.15, 0.2) is 0 Å². The van der Waals surface area contributed by atoms with Crippen molar-refractivity contribution in [3.63, 3.8) is 0 Å². The van der Waals surface area contributed by atoms with Gasteiger partial charge in [0.05, 0.1) is 16.9 Å². The van der Waals surface area contributed by atoms with Crippen molar-refractivity contribution >= 4 is 62.8 Å². The van der Waals surface area contributed by atoms with E-state index in [1.807, 2.05) is 24.3 Å². The second-order valence-corrected chi connectivity index (χ2v) is 6.78. The van der Waals surface area contributed by atoms with Gasteiger partial charge in [-0.3, -0.25) is 9.59 Å². The van der Waals surface area contributed by atoms with Crippen molar-refractivity contribution in [2.24, 2.45) is 5.10 Å². The van der Waals surface area contributed by atoms with Crippen LogP contribution in [0.4, 0.5) is 5.69 Å². The smallest absolute Gasteiger partial charge is 0.240 e. The fourth-order valence-corrected chi connectivity index (χ4v) is 2.53. The number of carbonyl (C=O) groups is 2. The Morgan fingerprint density at radius 2 is 1.72 bits per heavy atom. The highest BCUT2D eigenvalue weighted by Crippen LogP contribution is 2.25. The molecular weight excluding hydrogens is 429 g/mol. The maximum absolute atomic E-state index is 11.9. The van der Waals surface area contributed by atoms with Gasteiger partial charge in [0.1, 0.15) is 0 Å². The normalized spacial score (nSPS) is 10.7. The highest BCUT2D eigenvalue weighted by Gasteiger charge is 2.09. The van der Waals surface area contributed by atoms with Crippen molar-refractivity contribution in [2.75, 3.05) is 5.32 Å². The molecule has 0 aliphatic heterocycles.